The standard InChI is InChI=1S/C24H19BrN4OS2/c1-2-20-27-28-24(32-20)21-22(30)19(31-23(21)26)11-15-13-29(18-6-4-3-5-17(15)18)12-14-7-9-16(25)10-8-14/h3-11,13,21,26H,2,12H2,1H3/b19-11-,26-23?/t21-/m1/s1. The lowest BCUT2D eigenvalue weighted by Gasteiger charge is -2.05. The van der Waals surface area contributed by atoms with Crippen molar-refractivity contribution in [2.24, 2.45) is 0 Å². The first-order valence-electron chi connectivity index (χ1n) is 10.2. The van der Waals surface area contributed by atoms with Crippen LogP contribution in [-0.2, 0) is 17.8 Å². The van der Waals surface area contributed by atoms with Crippen LogP contribution in [0.3, 0.4) is 0 Å². The zero-order valence-electron chi connectivity index (χ0n) is 17.2. The Labute approximate surface area is 202 Å². The normalized spacial score (nSPS) is 17.7. The summed E-state index contributed by atoms with van der Waals surface area (Å²) in [6.07, 6.45) is 4.79. The van der Waals surface area contributed by atoms with Crippen molar-refractivity contribution in [1.29, 1.82) is 5.41 Å². The van der Waals surface area contributed by atoms with E-state index in [1.807, 2.05) is 37.3 Å². The Bertz CT molecular complexity index is 1370. The third-order valence-corrected chi connectivity index (χ3v) is 8.05. The molecular formula is C24H19BrN4OS2. The van der Waals surface area contributed by atoms with Gasteiger partial charge in [-0.15, -0.1) is 21.5 Å². The average Bonchev–Trinajstić information content (AvgIpc) is 3.47. The number of rotatable bonds is 5. The van der Waals surface area contributed by atoms with Gasteiger partial charge in [0.25, 0.3) is 0 Å². The van der Waals surface area contributed by atoms with Crippen molar-refractivity contribution in [3.05, 3.63) is 85.2 Å². The summed E-state index contributed by atoms with van der Waals surface area (Å²) in [7, 11) is 0. The van der Waals surface area contributed by atoms with Crippen LogP contribution in [0.25, 0.3) is 17.0 Å². The van der Waals surface area contributed by atoms with Crippen LogP contribution in [0.4, 0.5) is 0 Å². The van der Waals surface area contributed by atoms with Crippen molar-refractivity contribution in [3.8, 4) is 0 Å². The molecule has 1 saturated heterocycles. The highest BCUT2D eigenvalue weighted by molar-refractivity contribution is 9.10. The van der Waals surface area contributed by atoms with Crippen LogP contribution in [0.15, 0.2) is 64.1 Å². The highest BCUT2D eigenvalue weighted by atomic mass is 79.9. The lowest BCUT2D eigenvalue weighted by molar-refractivity contribution is -0.114. The fourth-order valence-corrected chi connectivity index (χ4v) is 6.00. The summed E-state index contributed by atoms with van der Waals surface area (Å²) < 4.78 is 3.26. The predicted octanol–water partition coefficient (Wildman–Crippen LogP) is 6.28. The van der Waals surface area contributed by atoms with E-state index in [1.165, 1.54) is 28.7 Å². The molecule has 1 atom stereocenters. The second-order valence-electron chi connectivity index (χ2n) is 7.52. The second kappa shape index (κ2) is 8.77. The molecule has 160 valence electrons. The number of Topliss-reactive ketones (excluding diaryl/α,β-unsaturated/α-hetero) is 1. The van der Waals surface area contributed by atoms with E-state index < -0.39 is 5.92 Å². The minimum absolute atomic E-state index is 0.0662. The van der Waals surface area contributed by atoms with E-state index in [1.54, 1.807) is 0 Å². The number of fused-ring (bicyclic) bond motifs is 1. The molecule has 2 aromatic heterocycles. The number of carbonyl (C=O) groups is 1. The quantitative estimate of drug-likeness (QED) is 0.313. The Hall–Kier alpha value is -2.55. The van der Waals surface area contributed by atoms with Crippen molar-refractivity contribution in [2.75, 3.05) is 0 Å². The average molecular weight is 523 g/mol. The van der Waals surface area contributed by atoms with Crippen LogP contribution in [0.2, 0.25) is 0 Å². The van der Waals surface area contributed by atoms with Crippen molar-refractivity contribution < 1.29 is 4.79 Å². The summed E-state index contributed by atoms with van der Waals surface area (Å²) in [5.41, 5.74) is 3.29. The van der Waals surface area contributed by atoms with E-state index in [0.717, 1.165) is 38.9 Å². The summed E-state index contributed by atoms with van der Waals surface area (Å²) in [4.78, 5) is 13.8. The molecular weight excluding hydrogens is 504 g/mol. The maximum Gasteiger partial charge on any atom is 0.186 e. The third kappa shape index (κ3) is 3.98. The molecule has 0 radical (unpaired) electrons. The number of thioether (sulfide) groups is 1. The van der Waals surface area contributed by atoms with E-state index >= 15 is 0 Å². The van der Waals surface area contributed by atoms with Crippen molar-refractivity contribution >= 4 is 66.8 Å². The highest BCUT2D eigenvalue weighted by Gasteiger charge is 2.39. The smallest absolute Gasteiger partial charge is 0.186 e. The molecule has 0 aliphatic carbocycles. The molecule has 1 aliphatic rings. The molecule has 32 heavy (non-hydrogen) atoms. The number of para-hydroxylation sites is 1. The largest absolute Gasteiger partial charge is 0.342 e. The topological polar surface area (TPSA) is 71.6 Å². The van der Waals surface area contributed by atoms with Crippen LogP contribution in [0, 0.1) is 5.41 Å². The molecule has 0 spiro atoms. The van der Waals surface area contributed by atoms with Gasteiger partial charge in [0.2, 0.25) is 0 Å². The fourth-order valence-electron chi connectivity index (χ4n) is 3.79. The summed E-state index contributed by atoms with van der Waals surface area (Å²) >= 11 is 6.14. The lowest BCUT2D eigenvalue weighted by atomic mass is 10.0. The molecule has 8 heteroatoms. The minimum Gasteiger partial charge on any atom is -0.342 e. The van der Waals surface area contributed by atoms with Crippen LogP contribution >= 0.6 is 39.0 Å². The second-order valence-corrected chi connectivity index (χ2v) is 10.6. The van der Waals surface area contributed by atoms with Crippen LogP contribution in [-0.4, -0.2) is 25.6 Å². The number of nitrogens with zero attached hydrogens (tertiary/aromatic N) is 3. The fraction of sp³-hybridized carbons (Fsp3) is 0.167. The maximum atomic E-state index is 13.2. The first-order valence-corrected chi connectivity index (χ1v) is 12.6. The number of nitrogens with one attached hydrogen (secondary N) is 1. The van der Waals surface area contributed by atoms with Gasteiger partial charge in [-0.1, -0.05) is 64.9 Å². The third-order valence-electron chi connectivity index (χ3n) is 5.39. The number of ketones is 1. The van der Waals surface area contributed by atoms with Gasteiger partial charge < -0.3 is 4.57 Å². The first kappa shape index (κ1) is 21.3. The number of aryl methyl sites for hydroxylation is 1. The maximum absolute atomic E-state index is 13.2. The SMILES string of the molecule is CCc1nnc([C@H]2C(=N)S/C(=C\c3cn(Cc4ccc(Br)cc4)c4ccccc34)C2=O)s1. The van der Waals surface area contributed by atoms with E-state index in [0.29, 0.717) is 15.0 Å². The van der Waals surface area contributed by atoms with Gasteiger partial charge in [0.05, 0.1) is 9.95 Å². The Balaban J connectivity index is 1.50. The summed E-state index contributed by atoms with van der Waals surface area (Å²) in [5.74, 6) is -0.691. The highest BCUT2D eigenvalue weighted by Crippen LogP contribution is 2.42. The van der Waals surface area contributed by atoms with Crippen LogP contribution < -0.4 is 0 Å². The molecule has 5 nitrogen and oxygen atoms in total. The number of aromatic nitrogens is 3. The van der Waals surface area contributed by atoms with Gasteiger partial charge in [0, 0.05) is 33.7 Å². The number of hydrogen-bond acceptors (Lipinski definition) is 6. The van der Waals surface area contributed by atoms with Gasteiger partial charge in [-0.2, -0.15) is 0 Å². The Morgan fingerprint density at radius 1 is 1.16 bits per heavy atom. The Morgan fingerprint density at radius 3 is 2.69 bits per heavy atom. The molecule has 1 N–H and O–H groups in total. The van der Waals surface area contributed by atoms with Crippen molar-refractivity contribution in [3.63, 3.8) is 0 Å². The van der Waals surface area contributed by atoms with Gasteiger partial charge in [0.15, 0.2) is 5.78 Å². The predicted molar refractivity (Wildman–Crippen MR) is 136 cm³/mol. The van der Waals surface area contributed by atoms with Crippen LogP contribution in [0.5, 0.6) is 0 Å². The first-order chi connectivity index (χ1) is 15.5. The Morgan fingerprint density at radius 2 is 1.94 bits per heavy atom. The lowest BCUT2D eigenvalue weighted by Crippen LogP contribution is -2.11. The van der Waals surface area contributed by atoms with E-state index in [9.17, 15) is 4.79 Å². The van der Waals surface area contributed by atoms with Gasteiger partial charge in [-0.3, -0.25) is 10.2 Å². The van der Waals surface area contributed by atoms with Crippen molar-refractivity contribution in [1.82, 2.24) is 14.8 Å². The monoisotopic (exact) mass is 522 g/mol. The summed E-state index contributed by atoms with van der Waals surface area (Å²) in [5, 5.41) is 19.6. The van der Waals surface area contributed by atoms with Gasteiger partial charge in [-0.25, -0.2) is 0 Å². The molecule has 3 heterocycles. The van der Waals surface area contributed by atoms with Gasteiger partial charge in [-0.05, 0) is 36.3 Å². The molecule has 2 aromatic carbocycles. The summed E-state index contributed by atoms with van der Waals surface area (Å²) in [6.45, 7) is 2.75. The van der Waals surface area contributed by atoms with E-state index in [2.05, 4.69) is 61.2 Å². The van der Waals surface area contributed by atoms with Gasteiger partial charge in [0.1, 0.15) is 15.9 Å². The number of halogens is 1. The Kier molecular flexibility index (Phi) is 5.84. The zero-order chi connectivity index (χ0) is 22.2. The molecule has 5 rings (SSSR count). The van der Waals surface area contributed by atoms with Gasteiger partial charge >= 0.3 is 0 Å². The molecule has 0 saturated carbocycles. The van der Waals surface area contributed by atoms with Crippen molar-refractivity contribution in [2.45, 2.75) is 25.8 Å². The van der Waals surface area contributed by atoms with E-state index in [4.69, 9.17) is 5.41 Å². The molecule has 1 fully saturated rings. The summed E-state index contributed by atoms with van der Waals surface area (Å²) in [6, 6.07) is 16.5. The molecule has 4 aromatic rings. The van der Waals surface area contributed by atoms with Crippen LogP contribution in [0.1, 0.15) is 34.0 Å². The zero-order valence-corrected chi connectivity index (χ0v) is 20.4. The molecule has 0 bridgehead atoms. The molecule has 0 unspecified atom stereocenters. The number of hydrogen-bond donors (Lipinski definition) is 1. The number of carbonyl (C=O) groups excluding carboxylic acids is 1. The molecule has 0 amide bonds. The number of allylic oxidation sites excluding steroid dienone is 1. The number of benzene rings is 2. The minimum atomic E-state index is -0.625. The van der Waals surface area contributed by atoms with E-state index in [-0.39, 0.29) is 5.78 Å². The molecule has 1 aliphatic heterocycles.